The third kappa shape index (κ3) is 4.03. The van der Waals surface area contributed by atoms with Gasteiger partial charge in [-0.2, -0.15) is 10.1 Å². The van der Waals surface area contributed by atoms with E-state index in [0.717, 1.165) is 23.4 Å². The molecule has 6 nitrogen and oxygen atoms in total. The van der Waals surface area contributed by atoms with E-state index in [1.165, 1.54) is 5.56 Å². The van der Waals surface area contributed by atoms with E-state index in [4.69, 9.17) is 16.3 Å². The summed E-state index contributed by atoms with van der Waals surface area (Å²) in [6, 6.07) is 11.7. The minimum atomic E-state index is 0.417. The van der Waals surface area contributed by atoms with E-state index in [0.29, 0.717) is 22.5 Å². The summed E-state index contributed by atoms with van der Waals surface area (Å²) in [5.74, 6) is 1.60. The lowest BCUT2D eigenvalue weighted by Crippen LogP contribution is -2.04. The first-order valence-corrected chi connectivity index (χ1v) is 8.64. The van der Waals surface area contributed by atoms with Crippen LogP contribution in [0.1, 0.15) is 18.1 Å². The fourth-order valence-electron chi connectivity index (χ4n) is 2.56. The fraction of sp³-hybridized carbons (Fsp3) is 0.211. The molecule has 7 heteroatoms. The Morgan fingerprint density at radius 1 is 1.12 bits per heavy atom. The molecule has 0 saturated carbocycles. The molecule has 0 aliphatic rings. The molecule has 0 bridgehead atoms. The summed E-state index contributed by atoms with van der Waals surface area (Å²) in [7, 11) is 1.60. The van der Waals surface area contributed by atoms with Crippen LogP contribution in [0.4, 0.5) is 23.1 Å². The molecule has 2 N–H and O–H groups in total. The Labute approximate surface area is 157 Å². The Balaban J connectivity index is 1.85. The number of aromatic nitrogens is 3. The molecular weight excluding hydrogens is 350 g/mol. The molecule has 134 valence electrons. The minimum absolute atomic E-state index is 0.417. The zero-order valence-corrected chi connectivity index (χ0v) is 15.6. The van der Waals surface area contributed by atoms with Crippen LogP contribution >= 0.6 is 11.6 Å². The zero-order valence-electron chi connectivity index (χ0n) is 14.9. The van der Waals surface area contributed by atoms with Crippen molar-refractivity contribution in [1.29, 1.82) is 0 Å². The lowest BCUT2D eigenvalue weighted by atomic mass is 10.1. The van der Waals surface area contributed by atoms with Gasteiger partial charge in [-0.15, -0.1) is 5.10 Å². The van der Waals surface area contributed by atoms with Crippen LogP contribution < -0.4 is 15.4 Å². The van der Waals surface area contributed by atoms with Crippen LogP contribution in [-0.2, 0) is 6.42 Å². The van der Waals surface area contributed by atoms with E-state index in [2.05, 4.69) is 38.8 Å². The van der Waals surface area contributed by atoms with Crippen molar-refractivity contribution >= 4 is 34.7 Å². The van der Waals surface area contributed by atoms with Crippen LogP contribution in [0, 0.1) is 6.92 Å². The molecule has 0 atom stereocenters. The number of nitrogens with one attached hydrogen (secondary N) is 2. The van der Waals surface area contributed by atoms with Crippen molar-refractivity contribution in [3.8, 4) is 5.75 Å². The number of benzene rings is 2. The molecular formula is C19H20ClN5O. The Morgan fingerprint density at radius 2 is 1.92 bits per heavy atom. The van der Waals surface area contributed by atoms with Gasteiger partial charge in [-0.3, -0.25) is 0 Å². The van der Waals surface area contributed by atoms with Gasteiger partial charge in [-0.25, -0.2) is 0 Å². The second-order valence-electron chi connectivity index (χ2n) is 5.73. The predicted molar refractivity (Wildman–Crippen MR) is 105 cm³/mol. The standard InChI is InChI=1S/C19H20ClN5O/c1-4-13-7-5-6-8-15(13)23-19-24-18(11-21-25-19)22-16-9-12(2)14(20)10-17(16)26-3/h5-11H,4H2,1-3H3,(H2,22,23,24,25). The van der Waals surface area contributed by atoms with Crippen LogP contribution in [0.25, 0.3) is 0 Å². The summed E-state index contributed by atoms with van der Waals surface area (Å²) < 4.78 is 5.38. The summed E-state index contributed by atoms with van der Waals surface area (Å²) in [6.07, 6.45) is 2.47. The van der Waals surface area contributed by atoms with E-state index in [-0.39, 0.29) is 0 Å². The molecule has 1 heterocycles. The van der Waals surface area contributed by atoms with Gasteiger partial charge in [0, 0.05) is 16.8 Å². The smallest absolute Gasteiger partial charge is 0.249 e. The molecule has 0 amide bonds. The van der Waals surface area contributed by atoms with Crippen molar-refractivity contribution in [3.63, 3.8) is 0 Å². The van der Waals surface area contributed by atoms with Gasteiger partial charge in [-0.1, -0.05) is 36.7 Å². The van der Waals surface area contributed by atoms with Crippen molar-refractivity contribution in [3.05, 3.63) is 58.7 Å². The normalized spacial score (nSPS) is 10.5. The monoisotopic (exact) mass is 369 g/mol. The molecule has 0 saturated heterocycles. The molecule has 26 heavy (non-hydrogen) atoms. The maximum Gasteiger partial charge on any atom is 0.249 e. The molecule has 1 aromatic heterocycles. The molecule has 0 aliphatic heterocycles. The van der Waals surface area contributed by atoms with Crippen LogP contribution in [0.15, 0.2) is 42.6 Å². The van der Waals surface area contributed by atoms with Crippen molar-refractivity contribution in [2.45, 2.75) is 20.3 Å². The van der Waals surface area contributed by atoms with Gasteiger partial charge in [0.1, 0.15) is 5.75 Å². The van der Waals surface area contributed by atoms with Gasteiger partial charge in [0.2, 0.25) is 5.95 Å². The van der Waals surface area contributed by atoms with Gasteiger partial charge >= 0.3 is 0 Å². The molecule has 0 radical (unpaired) electrons. The zero-order chi connectivity index (χ0) is 18.5. The molecule has 0 unspecified atom stereocenters. The first kappa shape index (κ1) is 17.9. The summed E-state index contributed by atoms with van der Waals surface area (Å²) in [4.78, 5) is 4.48. The van der Waals surface area contributed by atoms with Crippen molar-refractivity contribution < 1.29 is 4.74 Å². The maximum atomic E-state index is 6.16. The van der Waals surface area contributed by atoms with Gasteiger partial charge in [0.25, 0.3) is 0 Å². The molecule has 0 fully saturated rings. The Morgan fingerprint density at radius 3 is 2.69 bits per heavy atom. The van der Waals surface area contributed by atoms with Crippen molar-refractivity contribution in [2.24, 2.45) is 0 Å². The predicted octanol–water partition coefficient (Wildman–Crippen LogP) is 4.89. The molecule has 3 aromatic rings. The third-order valence-electron chi connectivity index (χ3n) is 3.95. The fourth-order valence-corrected chi connectivity index (χ4v) is 2.71. The topological polar surface area (TPSA) is 72.0 Å². The van der Waals surface area contributed by atoms with Gasteiger partial charge in [0.05, 0.1) is 19.0 Å². The number of hydrogen-bond acceptors (Lipinski definition) is 6. The average Bonchev–Trinajstić information content (AvgIpc) is 2.65. The maximum absolute atomic E-state index is 6.16. The Kier molecular flexibility index (Phi) is 5.53. The lowest BCUT2D eigenvalue weighted by molar-refractivity contribution is 0.416. The first-order valence-electron chi connectivity index (χ1n) is 8.26. The molecule has 0 aliphatic carbocycles. The number of anilines is 4. The summed E-state index contributed by atoms with van der Waals surface area (Å²) in [5.41, 5.74) is 3.85. The number of nitrogens with zero attached hydrogens (tertiary/aromatic N) is 3. The number of para-hydroxylation sites is 1. The van der Waals surface area contributed by atoms with Crippen LogP contribution in [0.5, 0.6) is 5.75 Å². The largest absolute Gasteiger partial charge is 0.495 e. The highest BCUT2D eigenvalue weighted by Crippen LogP contribution is 2.32. The lowest BCUT2D eigenvalue weighted by Gasteiger charge is -2.13. The van der Waals surface area contributed by atoms with Crippen molar-refractivity contribution in [1.82, 2.24) is 15.2 Å². The van der Waals surface area contributed by atoms with Crippen LogP contribution in [0.2, 0.25) is 5.02 Å². The number of ether oxygens (including phenoxy) is 1. The molecule has 3 rings (SSSR count). The molecule has 2 aromatic carbocycles. The van der Waals surface area contributed by atoms with Gasteiger partial charge in [-0.05, 0) is 36.6 Å². The number of methoxy groups -OCH3 is 1. The summed E-state index contributed by atoms with van der Waals surface area (Å²) in [6.45, 7) is 4.03. The van der Waals surface area contributed by atoms with E-state index in [1.54, 1.807) is 19.4 Å². The molecule has 0 spiro atoms. The second kappa shape index (κ2) is 8.01. The minimum Gasteiger partial charge on any atom is -0.495 e. The van der Waals surface area contributed by atoms with Crippen LogP contribution in [0.3, 0.4) is 0 Å². The second-order valence-corrected chi connectivity index (χ2v) is 6.13. The quantitative estimate of drug-likeness (QED) is 0.644. The average molecular weight is 370 g/mol. The van der Waals surface area contributed by atoms with E-state index < -0.39 is 0 Å². The highest BCUT2D eigenvalue weighted by atomic mass is 35.5. The third-order valence-corrected chi connectivity index (χ3v) is 4.35. The number of aryl methyl sites for hydroxylation is 2. The highest BCUT2D eigenvalue weighted by molar-refractivity contribution is 6.31. The Hall–Kier alpha value is -2.86. The van der Waals surface area contributed by atoms with E-state index >= 15 is 0 Å². The van der Waals surface area contributed by atoms with Crippen molar-refractivity contribution in [2.75, 3.05) is 17.7 Å². The summed E-state index contributed by atoms with van der Waals surface area (Å²) >= 11 is 6.16. The number of rotatable bonds is 6. The van der Waals surface area contributed by atoms with Crippen LogP contribution in [-0.4, -0.2) is 22.3 Å². The summed E-state index contributed by atoms with van der Waals surface area (Å²) in [5, 5.41) is 15.2. The van der Waals surface area contributed by atoms with E-state index in [9.17, 15) is 0 Å². The first-order chi connectivity index (χ1) is 12.6. The van der Waals surface area contributed by atoms with Gasteiger partial charge in [0.15, 0.2) is 5.82 Å². The number of halogens is 1. The van der Waals surface area contributed by atoms with E-state index in [1.807, 2.05) is 31.2 Å². The Bertz CT molecular complexity index is 916. The van der Waals surface area contributed by atoms with Gasteiger partial charge < -0.3 is 15.4 Å². The number of hydrogen-bond donors (Lipinski definition) is 2. The highest BCUT2D eigenvalue weighted by Gasteiger charge is 2.10. The SMILES string of the molecule is CCc1ccccc1Nc1nncc(Nc2cc(C)c(Cl)cc2OC)n1.